The lowest BCUT2D eigenvalue weighted by molar-refractivity contribution is 0.155. The van der Waals surface area contributed by atoms with Crippen molar-refractivity contribution < 1.29 is 5.11 Å². The minimum Gasteiger partial charge on any atom is -0.393 e. The van der Waals surface area contributed by atoms with E-state index in [1.54, 1.807) is 0 Å². The fourth-order valence-electron chi connectivity index (χ4n) is 2.76. The molecular weight excluding hydrogens is 184 g/mol. The standard InChI is InChI=1S/C14H30O/c1-6-7-11(2)8-12(3)9-13(4)10-14(5)15/h11-15H,6-10H2,1-5H3. The zero-order valence-corrected chi connectivity index (χ0v) is 11.3. The summed E-state index contributed by atoms with van der Waals surface area (Å²) in [6.45, 7) is 11.1. The molecule has 0 saturated carbocycles. The van der Waals surface area contributed by atoms with Gasteiger partial charge in [-0.05, 0) is 43.9 Å². The Balaban J connectivity index is 3.67. The van der Waals surface area contributed by atoms with Crippen molar-refractivity contribution in [2.75, 3.05) is 0 Å². The molecule has 15 heavy (non-hydrogen) atoms. The largest absolute Gasteiger partial charge is 0.393 e. The molecule has 0 aromatic rings. The lowest BCUT2D eigenvalue weighted by Crippen LogP contribution is -2.12. The Hall–Kier alpha value is -0.0400. The third-order valence-electron chi connectivity index (χ3n) is 3.13. The van der Waals surface area contributed by atoms with Crippen LogP contribution in [0.2, 0.25) is 0 Å². The molecule has 0 saturated heterocycles. The van der Waals surface area contributed by atoms with Crippen LogP contribution in [-0.2, 0) is 0 Å². The van der Waals surface area contributed by atoms with Gasteiger partial charge in [0.15, 0.2) is 0 Å². The minimum absolute atomic E-state index is 0.139. The van der Waals surface area contributed by atoms with E-state index >= 15 is 0 Å². The highest BCUT2D eigenvalue weighted by atomic mass is 16.3. The Morgan fingerprint density at radius 2 is 1.27 bits per heavy atom. The highest BCUT2D eigenvalue weighted by molar-refractivity contribution is 4.65. The molecule has 0 aromatic heterocycles. The van der Waals surface area contributed by atoms with E-state index in [1.165, 1.54) is 25.7 Å². The second kappa shape index (κ2) is 8.15. The van der Waals surface area contributed by atoms with Crippen LogP contribution in [-0.4, -0.2) is 11.2 Å². The fourth-order valence-corrected chi connectivity index (χ4v) is 2.76. The van der Waals surface area contributed by atoms with Crippen molar-refractivity contribution in [3.63, 3.8) is 0 Å². The molecule has 0 aromatic carbocycles. The summed E-state index contributed by atoms with van der Waals surface area (Å²) in [4.78, 5) is 0. The van der Waals surface area contributed by atoms with Gasteiger partial charge in [-0.1, -0.05) is 40.5 Å². The van der Waals surface area contributed by atoms with Crippen LogP contribution in [0.25, 0.3) is 0 Å². The quantitative estimate of drug-likeness (QED) is 0.640. The molecule has 0 aliphatic carbocycles. The minimum atomic E-state index is -0.139. The van der Waals surface area contributed by atoms with Gasteiger partial charge in [0.05, 0.1) is 6.10 Å². The van der Waals surface area contributed by atoms with Crippen molar-refractivity contribution in [3.05, 3.63) is 0 Å². The molecule has 0 heterocycles. The summed E-state index contributed by atoms with van der Waals surface area (Å²) in [6, 6.07) is 0. The van der Waals surface area contributed by atoms with E-state index in [4.69, 9.17) is 0 Å². The second-order valence-corrected chi connectivity index (χ2v) is 5.66. The molecule has 0 radical (unpaired) electrons. The summed E-state index contributed by atoms with van der Waals surface area (Å²) < 4.78 is 0. The van der Waals surface area contributed by atoms with Gasteiger partial charge in [-0.25, -0.2) is 0 Å². The fraction of sp³-hybridized carbons (Fsp3) is 1.00. The van der Waals surface area contributed by atoms with Gasteiger partial charge in [0.25, 0.3) is 0 Å². The van der Waals surface area contributed by atoms with Crippen molar-refractivity contribution >= 4 is 0 Å². The van der Waals surface area contributed by atoms with Gasteiger partial charge >= 0.3 is 0 Å². The molecule has 0 rings (SSSR count). The molecule has 1 N–H and O–H groups in total. The van der Waals surface area contributed by atoms with Gasteiger partial charge in [-0.3, -0.25) is 0 Å². The van der Waals surface area contributed by atoms with E-state index < -0.39 is 0 Å². The van der Waals surface area contributed by atoms with E-state index in [2.05, 4.69) is 27.7 Å². The molecule has 0 aliphatic rings. The summed E-state index contributed by atoms with van der Waals surface area (Å²) in [6.07, 6.45) is 6.08. The van der Waals surface area contributed by atoms with Crippen molar-refractivity contribution in [2.24, 2.45) is 17.8 Å². The Morgan fingerprint density at radius 1 is 0.800 bits per heavy atom. The molecule has 0 fully saturated rings. The summed E-state index contributed by atoms with van der Waals surface area (Å²) in [5.74, 6) is 2.33. The predicted octanol–water partition coefficient (Wildman–Crippen LogP) is 4.25. The van der Waals surface area contributed by atoms with Crippen molar-refractivity contribution in [1.29, 1.82) is 0 Å². The first-order chi connectivity index (χ1) is 6.95. The van der Waals surface area contributed by atoms with E-state index in [1.807, 2.05) is 6.92 Å². The van der Waals surface area contributed by atoms with Crippen LogP contribution in [0.3, 0.4) is 0 Å². The van der Waals surface area contributed by atoms with Crippen molar-refractivity contribution in [2.45, 2.75) is 72.8 Å². The Labute approximate surface area is 96.3 Å². The molecule has 92 valence electrons. The first-order valence-corrected chi connectivity index (χ1v) is 6.63. The summed E-state index contributed by atoms with van der Waals surface area (Å²) >= 11 is 0. The highest BCUT2D eigenvalue weighted by Gasteiger charge is 2.13. The highest BCUT2D eigenvalue weighted by Crippen LogP contribution is 2.24. The van der Waals surface area contributed by atoms with Crippen LogP contribution >= 0.6 is 0 Å². The molecule has 1 nitrogen and oxygen atoms in total. The zero-order chi connectivity index (χ0) is 11.8. The SMILES string of the molecule is CCCC(C)CC(C)CC(C)CC(C)O. The number of aliphatic hydroxyl groups excluding tert-OH is 1. The van der Waals surface area contributed by atoms with E-state index in [0.717, 1.165) is 18.3 Å². The van der Waals surface area contributed by atoms with Gasteiger partial charge in [0.1, 0.15) is 0 Å². The smallest absolute Gasteiger partial charge is 0.0514 e. The average Bonchev–Trinajstić information content (AvgIpc) is 2.00. The zero-order valence-electron chi connectivity index (χ0n) is 11.3. The molecule has 0 bridgehead atoms. The molecular formula is C14H30O. The maximum Gasteiger partial charge on any atom is 0.0514 e. The van der Waals surface area contributed by atoms with Gasteiger partial charge in [-0.2, -0.15) is 0 Å². The molecule has 0 spiro atoms. The summed E-state index contributed by atoms with van der Waals surface area (Å²) in [7, 11) is 0. The van der Waals surface area contributed by atoms with E-state index in [0.29, 0.717) is 5.92 Å². The molecule has 0 aliphatic heterocycles. The van der Waals surface area contributed by atoms with Gasteiger partial charge in [0.2, 0.25) is 0 Å². The Kier molecular flexibility index (Phi) is 8.13. The molecule has 1 heteroatoms. The van der Waals surface area contributed by atoms with Gasteiger partial charge in [-0.15, -0.1) is 0 Å². The number of hydrogen-bond acceptors (Lipinski definition) is 1. The van der Waals surface area contributed by atoms with Crippen molar-refractivity contribution in [3.8, 4) is 0 Å². The predicted molar refractivity (Wildman–Crippen MR) is 67.9 cm³/mol. The Bertz CT molecular complexity index is 142. The maximum absolute atomic E-state index is 9.30. The number of rotatable bonds is 8. The summed E-state index contributed by atoms with van der Waals surface area (Å²) in [5.41, 5.74) is 0. The second-order valence-electron chi connectivity index (χ2n) is 5.66. The van der Waals surface area contributed by atoms with Crippen molar-refractivity contribution in [1.82, 2.24) is 0 Å². The number of hydrogen-bond donors (Lipinski definition) is 1. The molecule has 4 unspecified atom stereocenters. The Morgan fingerprint density at radius 3 is 1.73 bits per heavy atom. The first-order valence-electron chi connectivity index (χ1n) is 6.63. The van der Waals surface area contributed by atoms with Crippen LogP contribution < -0.4 is 0 Å². The van der Waals surface area contributed by atoms with Crippen LogP contribution in [0.5, 0.6) is 0 Å². The monoisotopic (exact) mass is 214 g/mol. The normalized spacial score (nSPS) is 19.6. The van der Waals surface area contributed by atoms with E-state index in [9.17, 15) is 5.11 Å². The topological polar surface area (TPSA) is 20.2 Å². The van der Waals surface area contributed by atoms with Gasteiger partial charge < -0.3 is 5.11 Å². The first kappa shape index (κ1) is 15.0. The van der Waals surface area contributed by atoms with E-state index in [-0.39, 0.29) is 6.10 Å². The lowest BCUT2D eigenvalue weighted by atomic mass is 9.86. The van der Waals surface area contributed by atoms with Crippen LogP contribution in [0.4, 0.5) is 0 Å². The average molecular weight is 214 g/mol. The molecule has 4 atom stereocenters. The van der Waals surface area contributed by atoms with Crippen LogP contribution in [0.15, 0.2) is 0 Å². The van der Waals surface area contributed by atoms with Crippen LogP contribution in [0.1, 0.15) is 66.7 Å². The third kappa shape index (κ3) is 8.92. The maximum atomic E-state index is 9.30. The summed E-state index contributed by atoms with van der Waals surface area (Å²) in [5, 5.41) is 9.30. The lowest BCUT2D eigenvalue weighted by Gasteiger charge is -2.21. The molecule has 0 amide bonds. The van der Waals surface area contributed by atoms with Crippen LogP contribution in [0, 0.1) is 17.8 Å². The van der Waals surface area contributed by atoms with Gasteiger partial charge in [0, 0.05) is 0 Å². The third-order valence-corrected chi connectivity index (χ3v) is 3.13. The number of aliphatic hydroxyl groups is 1.